The molecule has 0 amide bonds. The van der Waals surface area contributed by atoms with Crippen molar-refractivity contribution >= 4 is 38.6 Å². The number of nitrogens with zero attached hydrogens (tertiary/aromatic N) is 3. The largest absolute Gasteiger partial charge is 0.369 e. The Morgan fingerprint density at radius 1 is 1.10 bits per heavy atom. The van der Waals surface area contributed by atoms with E-state index in [1.54, 1.807) is 0 Å². The minimum absolute atomic E-state index is 0.209. The van der Waals surface area contributed by atoms with Crippen molar-refractivity contribution in [3.63, 3.8) is 0 Å². The predicted octanol–water partition coefficient (Wildman–Crippen LogP) is 2.31. The highest BCUT2D eigenvalue weighted by Crippen LogP contribution is 2.27. The van der Waals surface area contributed by atoms with Gasteiger partial charge in [0, 0.05) is 31.9 Å². The zero-order valence-corrected chi connectivity index (χ0v) is 13.5. The van der Waals surface area contributed by atoms with Gasteiger partial charge in [0.1, 0.15) is 0 Å². The summed E-state index contributed by atoms with van der Waals surface area (Å²) in [5.41, 5.74) is 1.12. The van der Waals surface area contributed by atoms with Crippen molar-refractivity contribution in [1.29, 1.82) is 0 Å². The van der Waals surface area contributed by atoms with Gasteiger partial charge in [-0.1, -0.05) is 41.1 Å². The maximum Gasteiger partial charge on any atom is 0.254 e. The molecule has 1 aromatic heterocycles. The van der Waals surface area contributed by atoms with Crippen molar-refractivity contribution in [2.75, 3.05) is 31.1 Å². The van der Waals surface area contributed by atoms with Crippen LogP contribution in [-0.2, 0) is 10.0 Å². The molecule has 1 aromatic carbocycles. The summed E-state index contributed by atoms with van der Waals surface area (Å²) >= 11 is 6.72. The summed E-state index contributed by atoms with van der Waals surface area (Å²) in [6, 6.07) is 10.0. The second-order valence-corrected chi connectivity index (χ2v) is 8.44. The molecule has 0 aliphatic carbocycles. The van der Waals surface area contributed by atoms with E-state index in [1.165, 1.54) is 10.5 Å². The minimum Gasteiger partial charge on any atom is -0.369 e. The first-order valence-electron chi connectivity index (χ1n) is 6.49. The van der Waals surface area contributed by atoms with Crippen molar-refractivity contribution < 1.29 is 8.42 Å². The Hall–Kier alpha value is -1.15. The highest BCUT2D eigenvalue weighted by molar-refractivity contribution is 7.91. The SMILES string of the molecule is O=S(=O)(c1cnc(Cl)s1)N1CCN(c2ccccc2)CC1. The van der Waals surface area contributed by atoms with Gasteiger partial charge in [-0.2, -0.15) is 4.31 Å². The normalized spacial score (nSPS) is 17.1. The Kier molecular flexibility index (Phi) is 4.17. The molecule has 0 radical (unpaired) electrons. The summed E-state index contributed by atoms with van der Waals surface area (Å²) in [6.07, 6.45) is 1.33. The van der Waals surface area contributed by atoms with E-state index in [0.717, 1.165) is 17.0 Å². The molecular weight excluding hydrogens is 330 g/mol. The Bertz CT molecular complexity index is 710. The number of anilines is 1. The maximum atomic E-state index is 12.5. The lowest BCUT2D eigenvalue weighted by Gasteiger charge is -2.35. The van der Waals surface area contributed by atoms with Crippen LogP contribution in [0.3, 0.4) is 0 Å². The number of hydrogen-bond acceptors (Lipinski definition) is 5. The third-order valence-electron chi connectivity index (χ3n) is 3.41. The minimum atomic E-state index is -3.47. The number of piperazine rings is 1. The van der Waals surface area contributed by atoms with E-state index >= 15 is 0 Å². The van der Waals surface area contributed by atoms with E-state index in [2.05, 4.69) is 9.88 Å². The molecule has 0 unspecified atom stereocenters. The van der Waals surface area contributed by atoms with E-state index in [1.807, 2.05) is 30.3 Å². The number of hydrogen-bond donors (Lipinski definition) is 0. The third-order valence-corrected chi connectivity index (χ3v) is 6.86. The van der Waals surface area contributed by atoms with Gasteiger partial charge in [0.05, 0.1) is 6.20 Å². The summed E-state index contributed by atoms with van der Waals surface area (Å²) in [4.78, 5) is 5.99. The average Bonchev–Trinajstić information content (AvgIpc) is 2.96. The molecule has 8 heteroatoms. The lowest BCUT2D eigenvalue weighted by Crippen LogP contribution is -2.48. The monoisotopic (exact) mass is 343 g/mol. The molecule has 1 fully saturated rings. The van der Waals surface area contributed by atoms with Gasteiger partial charge < -0.3 is 4.90 Å². The van der Waals surface area contributed by atoms with Crippen molar-refractivity contribution in [2.24, 2.45) is 0 Å². The van der Waals surface area contributed by atoms with Crippen LogP contribution in [0.15, 0.2) is 40.7 Å². The lowest BCUT2D eigenvalue weighted by molar-refractivity contribution is 0.386. The summed E-state index contributed by atoms with van der Waals surface area (Å²) < 4.78 is 26.9. The summed E-state index contributed by atoms with van der Waals surface area (Å²) in [5.74, 6) is 0. The first-order valence-corrected chi connectivity index (χ1v) is 9.12. The van der Waals surface area contributed by atoms with Crippen LogP contribution in [0.25, 0.3) is 0 Å². The summed E-state index contributed by atoms with van der Waals surface area (Å²) in [5, 5.41) is 0. The zero-order valence-electron chi connectivity index (χ0n) is 11.1. The van der Waals surface area contributed by atoms with Crippen LogP contribution in [-0.4, -0.2) is 43.9 Å². The van der Waals surface area contributed by atoms with Gasteiger partial charge in [-0.15, -0.1) is 0 Å². The molecule has 3 rings (SSSR count). The number of thiazole rings is 1. The molecule has 1 aliphatic heterocycles. The quantitative estimate of drug-likeness (QED) is 0.858. The van der Waals surface area contributed by atoms with Gasteiger partial charge in [-0.25, -0.2) is 13.4 Å². The van der Waals surface area contributed by atoms with E-state index < -0.39 is 10.0 Å². The molecule has 0 saturated carbocycles. The van der Waals surface area contributed by atoms with Gasteiger partial charge in [-0.05, 0) is 12.1 Å². The van der Waals surface area contributed by atoms with Gasteiger partial charge in [0.25, 0.3) is 10.0 Å². The number of para-hydroxylation sites is 1. The lowest BCUT2D eigenvalue weighted by atomic mass is 10.2. The second-order valence-electron chi connectivity index (χ2n) is 4.66. The molecule has 2 heterocycles. The smallest absolute Gasteiger partial charge is 0.254 e. The number of rotatable bonds is 3. The highest BCUT2D eigenvalue weighted by atomic mass is 35.5. The topological polar surface area (TPSA) is 53.5 Å². The van der Waals surface area contributed by atoms with Crippen molar-refractivity contribution in [3.8, 4) is 0 Å². The standard InChI is InChI=1S/C13H14ClN3O2S2/c14-13-15-10-12(20-13)21(18,19)17-8-6-16(7-9-17)11-4-2-1-3-5-11/h1-5,10H,6-9H2. The van der Waals surface area contributed by atoms with E-state index in [9.17, 15) is 8.42 Å². The number of aromatic nitrogens is 1. The third kappa shape index (κ3) is 3.06. The molecule has 5 nitrogen and oxygen atoms in total. The van der Waals surface area contributed by atoms with Crippen LogP contribution in [0.4, 0.5) is 5.69 Å². The van der Waals surface area contributed by atoms with Crippen LogP contribution in [0, 0.1) is 0 Å². The molecular formula is C13H14ClN3O2S2. The Labute approximate surface area is 132 Å². The van der Waals surface area contributed by atoms with Gasteiger partial charge in [0.15, 0.2) is 8.68 Å². The highest BCUT2D eigenvalue weighted by Gasteiger charge is 2.30. The van der Waals surface area contributed by atoms with Crippen molar-refractivity contribution in [1.82, 2.24) is 9.29 Å². The van der Waals surface area contributed by atoms with Crippen LogP contribution in [0.2, 0.25) is 4.47 Å². The Balaban J connectivity index is 1.71. The number of benzene rings is 1. The first-order chi connectivity index (χ1) is 10.1. The average molecular weight is 344 g/mol. The van der Waals surface area contributed by atoms with Gasteiger partial charge in [-0.3, -0.25) is 0 Å². The van der Waals surface area contributed by atoms with Crippen molar-refractivity contribution in [3.05, 3.63) is 41.0 Å². The molecule has 1 saturated heterocycles. The molecule has 21 heavy (non-hydrogen) atoms. The van der Waals surface area contributed by atoms with Crippen molar-refractivity contribution in [2.45, 2.75) is 4.21 Å². The zero-order chi connectivity index (χ0) is 14.9. The molecule has 1 aliphatic rings. The molecule has 0 N–H and O–H groups in total. The predicted molar refractivity (Wildman–Crippen MR) is 84.5 cm³/mol. The van der Waals surface area contributed by atoms with Crippen LogP contribution in [0.1, 0.15) is 0 Å². The summed E-state index contributed by atoms with van der Waals surface area (Å²) in [7, 11) is -3.47. The molecule has 0 atom stereocenters. The molecule has 0 spiro atoms. The van der Waals surface area contributed by atoms with Gasteiger partial charge in [0.2, 0.25) is 0 Å². The maximum absolute atomic E-state index is 12.5. The molecule has 112 valence electrons. The fourth-order valence-electron chi connectivity index (χ4n) is 2.31. The van der Waals surface area contributed by atoms with Crippen LogP contribution < -0.4 is 4.90 Å². The van der Waals surface area contributed by atoms with E-state index in [0.29, 0.717) is 26.2 Å². The number of halogens is 1. The second kappa shape index (κ2) is 5.92. The fourth-order valence-corrected chi connectivity index (χ4v) is 5.18. The Morgan fingerprint density at radius 2 is 1.76 bits per heavy atom. The first kappa shape index (κ1) is 14.8. The van der Waals surface area contributed by atoms with E-state index in [-0.39, 0.29) is 8.68 Å². The molecule has 2 aromatic rings. The molecule has 0 bridgehead atoms. The van der Waals surface area contributed by atoms with Crippen LogP contribution in [0.5, 0.6) is 0 Å². The number of sulfonamides is 1. The Morgan fingerprint density at radius 3 is 2.33 bits per heavy atom. The fraction of sp³-hybridized carbons (Fsp3) is 0.308. The summed E-state index contributed by atoms with van der Waals surface area (Å²) in [6.45, 7) is 2.28. The van der Waals surface area contributed by atoms with E-state index in [4.69, 9.17) is 11.6 Å². The van der Waals surface area contributed by atoms with Gasteiger partial charge >= 0.3 is 0 Å². The van der Waals surface area contributed by atoms with Crippen LogP contribution >= 0.6 is 22.9 Å².